The molecule has 7 nitrogen and oxygen atoms in total. The highest BCUT2D eigenvalue weighted by Gasteiger charge is 2.34. The van der Waals surface area contributed by atoms with Gasteiger partial charge in [-0.3, -0.25) is 9.69 Å². The van der Waals surface area contributed by atoms with E-state index in [2.05, 4.69) is 10.2 Å². The highest BCUT2D eigenvalue weighted by Crippen LogP contribution is 2.35. The molecule has 168 valence electrons. The molecule has 1 amide bonds. The summed E-state index contributed by atoms with van der Waals surface area (Å²) in [6.07, 6.45) is 4.51. The number of phenols is 1. The van der Waals surface area contributed by atoms with Crippen molar-refractivity contribution in [3.8, 4) is 11.5 Å². The van der Waals surface area contributed by atoms with E-state index in [0.29, 0.717) is 33.8 Å². The van der Waals surface area contributed by atoms with E-state index in [4.69, 9.17) is 9.15 Å². The molecule has 0 aliphatic carbocycles. The second-order valence-electron chi connectivity index (χ2n) is 6.89. The maximum Gasteiger partial charge on any atom is 0.267 e. The second-order valence-corrected chi connectivity index (χ2v) is 7.90. The van der Waals surface area contributed by atoms with E-state index in [1.165, 1.54) is 29.5 Å². The minimum Gasteiger partial charge on any atom is -0.504 e. The first-order chi connectivity index (χ1) is 16.0. The molecular formula is C24H20FN3O4S. The van der Waals surface area contributed by atoms with Crippen LogP contribution in [-0.4, -0.2) is 33.9 Å². The highest BCUT2D eigenvalue weighted by molar-refractivity contribution is 8.18. The Bertz CT molecular complexity index is 1240. The minimum absolute atomic E-state index is 0.0218. The van der Waals surface area contributed by atoms with Gasteiger partial charge in [-0.2, -0.15) is 5.10 Å². The number of carbonyl (C=O) groups excluding carboxylic acids is 1. The lowest BCUT2D eigenvalue weighted by atomic mass is 10.2. The summed E-state index contributed by atoms with van der Waals surface area (Å²) < 4.78 is 24.6. The fourth-order valence-corrected chi connectivity index (χ4v) is 3.98. The van der Waals surface area contributed by atoms with Crippen LogP contribution in [0.4, 0.5) is 4.39 Å². The quantitative estimate of drug-likeness (QED) is 0.300. The van der Waals surface area contributed by atoms with E-state index in [-0.39, 0.29) is 23.8 Å². The van der Waals surface area contributed by atoms with Crippen LogP contribution in [0, 0.1) is 5.82 Å². The molecule has 9 heteroatoms. The van der Waals surface area contributed by atoms with Crippen molar-refractivity contribution in [1.82, 2.24) is 4.90 Å². The van der Waals surface area contributed by atoms with Crippen molar-refractivity contribution in [2.75, 3.05) is 6.61 Å². The maximum absolute atomic E-state index is 13.8. The van der Waals surface area contributed by atoms with Crippen LogP contribution in [-0.2, 0) is 11.3 Å². The van der Waals surface area contributed by atoms with Gasteiger partial charge in [-0.25, -0.2) is 4.39 Å². The molecule has 2 aromatic carbocycles. The van der Waals surface area contributed by atoms with Gasteiger partial charge in [0.1, 0.15) is 11.6 Å². The van der Waals surface area contributed by atoms with Crippen LogP contribution >= 0.6 is 11.8 Å². The third-order valence-electron chi connectivity index (χ3n) is 4.61. The Morgan fingerprint density at radius 1 is 1.21 bits per heavy atom. The first-order valence-electron chi connectivity index (χ1n) is 10.1. The molecule has 0 saturated carbocycles. The lowest BCUT2D eigenvalue weighted by Gasteiger charge is -2.12. The van der Waals surface area contributed by atoms with Crippen LogP contribution in [0.15, 0.2) is 80.4 Å². The number of ether oxygens (including phenoxy) is 1. The average Bonchev–Trinajstić information content (AvgIpc) is 3.42. The van der Waals surface area contributed by atoms with Gasteiger partial charge in [0.15, 0.2) is 16.7 Å². The van der Waals surface area contributed by atoms with Crippen molar-refractivity contribution in [1.29, 1.82) is 0 Å². The molecule has 1 fully saturated rings. The van der Waals surface area contributed by atoms with Gasteiger partial charge in [0, 0.05) is 5.56 Å². The van der Waals surface area contributed by atoms with Gasteiger partial charge >= 0.3 is 0 Å². The van der Waals surface area contributed by atoms with Gasteiger partial charge in [-0.05, 0) is 60.7 Å². The van der Waals surface area contributed by atoms with Crippen molar-refractivity contribution in [2.24, 2.45) is 10.2 Å². The number of aromatic hydroxyl groups is 1. The Kier molecular flexibility index (Phi) is 6.89. The Balaban J connectivity index is 1.64. The van der Waals surface area contributed by atoms with E-state index in [1.54, 1.807) is 48.5 Å². The van der Waals surface area contributed by atoms with E-state index in [0.717, 1.165) is 11.8 Å². The van der Waals surface area contributed by atoms with E-state index in [9.17, 15) is 14.3 Å². The van der Waals surface area contributed by atoms with Crippen LogP contribution in [0.5, 0.6) is 11.5 Å². The molecule has 1 saturated heterocycles. The molecule has 2 heterocycles. The molecule has 0 spiro atoms. The largest absolute Gasteiger partial charge is 0.504 e. The molecule has 0 unspecified atom stereocenters. The van der Waals surface area contributed by atoms with Crippen molar-refractivity contribution < 1.29 is 23.4 Å². The molecule has 1 aliphatic heterocycles. The monoisotopic (exact) mass is 465 g/mol. The fraction of sp³-hybridized carbons (Fsp3) is 0.125. The highest BCUT2D eigenvalue weighted by atomic mass is 32.2. The molecule has 1 aromatic heterocycles. The van der Waals surface area contributed by atoms with E-state index >= 15 is 0 Å². The summed E-state index contributed by atoms with van der Waals surface area (Å²) in [4.78, 5) is 15.0. The summed E-state index contributed by atoms with van der Waals surface area (Å²) >= 11 is 1.14. The van der Waals surface area contributed by atoms with Crippen LogP contribution in [0.3, 0.4) is 0 Å². The van der Waals surface area contributed by atoms with Crippen LogP contribution < -0.4 is 4.74 Å². The molecule has 0 bridgehead atoms. The Morgan fingerprint density at radius 2 is 2.06 bits per heavy atom. The summed E-state index contributed by atoms with van der Waals surface area (Å²) in [5.41, 5.74) is 0.971. The zero-order valence-electron chi connectivity index (χ0n) is 17.6. The number of amides is 1. The van der Waals surface area contributed by atoms with Gasteiger partial charge in [-0.1, -0.05) is 24.3 Å². The summed E-state index contributed by atoms with van der Waals surface area (Å²) in [7, 11) is 0. The van der Waals surface area contributed by atoms with Crippen LogP contribution in [0.1, 0.15) is 23.8 Å². The van der Waals surface area contributed by atoms with Crippen molar-refractivity contribution in [3.05, 3.63) is 88.5 Å². The number of hydrogen-bond donors (Lipinski definition) is 1. The molecule has 0 atom stereocenters. The molecule has 33 heavy (non-hydrogen) atoms. The lowest BCUT2D eigenvalue weighted by Crippen LogP contribution is -2.28. The van der Waals surface area contributed by atoms with Gasteiger partial charge in [0.2, 0.25) is 0 Å². The third kappa shape index (κ3) is 5.32. The number of rotatable bonds is 7. The number of phenolic OH excluding ortho intramolecular Hbond substituents is 1. The average molecular weight is 466 g/mol. The predicted octanol–water partition coefficient (Wildman–Crippen LogP) is 5.03. The zero-order chi connectivity index (χ0) is 23.2. The summed E-state index contributed by atoms with van der Waals surface area (Å²) in [5.74, 6) is 0.246. The SMILES string of the molecule is CCOc1cc(/C=C2\S/C(=N/N=C\c3ccccc3F)N(Cc3ccco3)C2=O)ccc1O. The number of hydrogen-bond acceptors (Lipinski definition) is 7. The number of furan rings is 1. The molecule has 1 aliphatic rings. The van der Waals surface area contributed by atoms with Crippen LogP contribution in [0.2, 0.25) is 0 Å². The normalized spacial score (nSPS) is 16.4. The number of carbonyl (C=O) groups is 1. The number of halogens is 1. The van der Waals surface area contributed by atoms with Crippen molar-refractivity contribution in [3.63, 3.8) is 0 Å². The number of nitrogens with zero attached hydrogens (tertiary/aromatic N) is 3. The van der Waals surface area contributed by atoms with Gasteiger partial charge in [0.05, 0.1) is 30.5 Å². The standard InChI is InChI=1S/C24H20FN3O4S/c1-2-31-21-12-16(9-10-20(21)29)13-22-23(30)28(15-18-7-5-11-32-18)24(33-22)27-26-14-17-6-3-4-8-19(17)25/h3-14,29H,2,15H2,1H3/b22-13-,26-14-,27-24+. The second kappa shape index (κ2) is 10.2. The van der Waals surface area contributed by atoms with Crippen molar-refractivity contribution >= 4 is 35.1 Å². The van der Waals surface area contributed by atoms with Crippen molar-refractivity contribution in [2.45, 2.75) is 13.5 Å². The molecule has 1 N–H and O–H groups in total. The molecule has 4 rings (SSSR count). The van der Waals surface area contributed by atoms with Gasteiger partial charge in [0.25, 0.3) is 5.91 Å². The lowest BCUT2D eigenvalue weighted by molar-refractivity contribution is -0.122. The third-order valence-corrected chi connectivity index (χ3v) is 5.61. The molecule has 3 aromatic rings. The Morgan fingerprint density at radius 3 is 2.82 bits per heavy atom. The number of amidine groups is 1. The summed E-state index contributed by atoms with van der Waals surface area (Å²) in [6.45, 7) is 2.39. The first kappa shape index (κ1) is 22.3. The zero-order valence-corrected chi connectivity index (χ0v) is 18.5. The Hall–Kier alpha value is -3.85. The maximum atomic E-state index is 13.8. The minimum atomic E-state index is -0.415. The Labute approximate surface area is 193 Å². The smallest absolute Gasteiger partial charge is 0.267 e. The number of benzene rings is 2. The number of thioether (sulfide) groups is 1. The van der Waals surface area contributed by atoms with E-state index < -0.39 is 5.82 Å². The molecule has 0 radical (unpaired) electrons. The summed E-state index contributed by atoms with van der Waals surface area (Å²) in [6, 6.07) is 14.5. The fourth-order valence-electron chi connectivity index (χ4n) is 3.04. The van der Waals surface area contributed by atoms with Gasteiger partial charge < -0.3 is 14.3 Å². The topological polar surface area (TPSA) is 87.6 Å². The molecular weight excluding hydrogens is 445 g/mol. The predicted molar refractivity (Wildman–Crippen MR) is 126 cm³/mol. The van der Waals surface area contributed by atoms with Gasteiger partial charge in [-0.15, -0.1) is 5.10 Å². The van der Waals surface area contributed by atoms with E-state index in [1.807, 2.05) is 6.92 Å². The summed E-state index contributed by atoms with van der Waals surface area (Å²) in [5, 5.41) is 18.4. The van der Waals surface area contributed by atoms with Crippen LogP contribution in [0.25, 0.3) is 6.08 Å². The first-order valence-corrected chi connectivity index (χ1v) is 10.9.